The van der Waals surface area contributed by atoms with Gasteiger partial charge in [-0.2, -0.15) is 0 Å². The minimum Gasteiger partial charge on any atom is -0.481 e. The summed E-state index contributed by atoms with van der Waals surface area (Å²) < 4.78 is 25.2. The number of carboxylic acid groups (broad SMARTS) is 1. The van der Waals surface area contributed by atoms with E-state index in [0.29, 0.717) is 39.5 Å². The minimum atomic E-state index is -0.827. The third kappa shape index (κ3) is 8.00. The van der Waals surface area contributed by atoms with Gasteiger partial charge in [-0.25, -0.2) is 0 Å². The lowest BCUT2D eigenvalue weighted by Crippen LogP contribution is -2.54. The maximum Gasteiger partial charge on any atom is 0.303 e. The minimum absolute atomic E-state index is 0.0554. The molecule has 0 amide bonds. The number of carboxylic acids is 1. The Morgan fingerprint density at radius 2 is 1.25 bits per heavy atom. The molecule has 0 aliphatic carbocycles. The number of hydrogen-bond donors (Lipinski definition) is 1. The van der Waals surface area contributed by atoms with Crippen LogP contribution < -0.4 is 0 Å². The molecular weight excluding hydrogens is 456 g/mol. The molecule has 0 radical (unpaired) electrons. The highest BCUT2D eigenvalue weighted by Crippen LogP contribution is 2.31. The predicted octanol–water partition coefficient (Wildman–Crippen LogP) is 5.25. The summed E-state index contributed by atoms with van der Waals surface area (Å²) in [6, 6.07) is 30.0. The van der Waals surface area contributed by atoms with Crippen molar-refractivity contribution in [3.05, 3.63) is 108 Å². The highest BCUT2D eigenvalue weighted by atomic mass is 16.6. The van der Waals surface area contributed by atoms with E-state index in [1.165, 1.54) is 0 Å². The summed E-state index contributed by atoms with van der Waals surface area (Å²) in [7, 11) is 0. The highest BCUT2D eigenvalue weighted by Gasteiger charge is 2.42. The van der Waals surface area contributed by atoms with Gasteiger partial charge in [0, 0.05) is 12.3 Å². The van der Waals surface area contributed by atoms with Gasteiger partial charge in [-0.15, -0.1) is 0 Å². The maximum absolute atomic E-state index is 11.3. The van der Waals surface area contributed by atoms with Gasteiger partial charge >= 0.3 is 5.97 Å². The average Bonchev–Trinajstić information content (AvgIpc) is 2.92. The van der Waals surface area contributed by atoms with E-state index in [9.17, 15) is 9.90 Å². The van der Waals surface area contributed by atoms with Crippen LogP contribution in [-0.2, 0) is 43.6 Å². The first-order valence-electron chi connectivity index (χ1n) is 12.4. The molecule has 1 N–H and O–H groups in total. The number of carbonyl (C=O) groups is 1. The number of rotatable bonds is 13. The first kappa shape index (κ1) is 26.0. The molecule has 0 unspecified atom stereocenters. The largest absolute Gasteiger partial charge is 0.481 e. The molecule has 3 aromatic rings. The Kier molecular flexibility index (Phi) is 10.1. The third-order valence-corrected chi connectivity index (χ3v) is 6.37. The number of aliphatic carboxylic acids is 1. The van der Waals surface area contributed by atoms with Crippen LogP contribution in [-0.4, -0.2) is 42.6 Å². The lowest BCUT2D eigenvalue weighted by Gasteiger charge is -2.42. The standard InChI is InChI=1S/C30H34O6/c31-28(32)17-16-26-21-34-27(22-33-18-23-10-4-1-5-11-23)30(36-20-25-14-8-3-9-15-25)29(26)35-19-24-12-6-2-7-13-24/h1-15,26-27,29-30H,16-22H2,(H,31,32)/t26-,27-,29-,30+/m1/s1. The zero-order valence-electron chi connectivity index (χ0n) is 20.4. The van der Waals surface area contributed by atoms with Crippen molar-refractivity contribution in [3.8, 4) is 0 Å². The second kappa shape index (κ2) is 13.9. The summed E-state index contributed by atoms with van der Waals surface area (Å²) in [6.45, 7) is 2.05. The summed E-state index contributed by atoms with van der Waals surface area (Å²) in [6.07, 6.45) is -0.555. The van der Waals surface area contributed by atoms with Crippen molar-refractivity contribution < 1.29 is 28.8 Å². The van der Waals surface area contributed by atoms with Gasteiger partial charge < -0.3 is 24.1 Å². The summed E-state index contributed by atoms with van der Waals surface area (Å²) >= 11 is 0. The topological polar surface area (TPSA) is 74.2 Å². The van der Waals surface area contributed by atoms with E-state index in [0.717, 1.165) is 16.7 Å². The van der Waals surface area contributed by atoms with E-state index in [1.807, 2.05) is 91.0 Å². The zero-order chi connectivity index (χ0) is 25.0. The van der Waals surface area contributed by atoms with Crippen LogP contribution in [0.25, 0.3) is 0 Å². The van der Waals surface area contributed by atoms with Crippen LogP contribution in [0.1, 0.15) is 29.5 Å². The van der Waals surface area contributed by atoms with Crippen molar-refractivity contribution >= 4 is 5.97 Å². The van der Waals surface area contributed by atoms with E-state index >= 15 is 0 Å². The molecule has 4 atom stereocenters. The van der Waals surface area contributed by atoms with Gasteiger partial charge in [0.2, 0.25) is 0 Å². The second-order valence-corrected chi connectivity index (χ2v) is 9.09. The van der Waals surface area contributed by atoms with Crippen LogP contribution >= 0.6 is 0 Å². The van der Waals surface area contributed by atoms with Crippen LogP contribution in [0.5, 0.6) is 0 Å². The number of hydrogen-bond acceptors (Lipinski definition) is 5. The van der Waals surface area contributed by atoms with E-state index in [-0.39, 0.29) is 24.5 Å². The smallest absolute Gasteiger partial charge is 0.303 e. The molecule has 36 heavy (non-hydrogen) atoms. The predicted molar refractivity (Wildman–Crippen MR) is 136 cm³/mol. The molecule has 0 aromatic heterocycles. The molecule has 3 aromatic carbocycles. The van der Waals surface area contributed by atoms with E-state index in [1.54, 1.807) is 0 Å². The summed E-state index contributed by atoms with van der Waals surface area (Å²) in [5, 5.41) is 9.30. The van der Waals surface area contributed by atoms with Gasteiger partial charge in [0.15, 0.2) is 0 Å². The highest BCUT2D eigenvalue weighted by molar-refractivity contribution is 5.66. The van der Waals surface area contributed by atoms with Gasteiger partial charge in [0.25, 0.3) is 0 Å². The van der Waals surface area contributed by atoms with Crippen molar-refractivity contribution in [2.45, 2.75) is 51.0 Å². The first-order chi connectivity index (χ1) is 17.7. The molecule has 6 nitrogen and oxygen atoms in total. The van der Waals surface area contributed by atoms with E-state index in [2.05, 4.69) is 0 Å². The van der Waals surface area contributed by atoms with Crippen molar-refractivity contribution in [1.82, 2.24) is 0 Å². The molecule has 0 bridgehead atoms. The molecule has 1 saturated heterocycles. The Labute approximate surface area is 212 Å². The van der Waals surface area contributed by atoms with Crippen molar-refractivity contribution in [1.29, 1.82) is 0 Å². The molecule has 0 saturated carbocycles. The van der Waals surface area contributed by atoms with Crippen molar-refractivity contribution in [2.24, 2.45) is 5.92 Å². The Hall–Kier alpha value is -3.03. The molecule has 6 heteroatoms. The lowest BCUT2D eigenvalue weighted by atomic mass is 9.88. The van der Waals surface area contributed by atoms with Crippen LogP contribution in [0, 0.1) is 5.92 Å². The molecule has 4 rings (SSSR count). The second-order valence-electron chi connectivity index (χ2n) is 9.09. The van der Waals surface area contributed by atoms with Crippen LogP contribution in [0.15, 0.2) is 91.0 Å². The van der Waals surface area contributed by atoms with Crippen molar-refractivity contribution in [2.75, 3.05) is 13.2 Å². The fourth-order valence-electron chi connectivity index (χ4n) is 4.45. The molecule has 0 spiro atoms. The summed E-state index contributed by atoms with van der Waals surface area (Å²) in [5.41, 5.74) is 3.20. The number of ether oxygens (including phenoxy) is 4. The molecule has 1 aliphatic rings. The van der Waals surface area contributed by atoms with E-state index < -0.39 is 12.1 Å². The Morgan fingerprint density at radius 1 is 0.750 bits per heavy atom. The third-order valence-electron chi connectivity index (χ3n) is 6.37. The van der Waals surface area contributed by atoms with Crippen LogP contribution in [0.3, 0.4) is 0 Å². The number of benzene rings is 3. The van der Waals surface area contributed by atoms with Crippen LogP contribution in [0.2, 0.25) is 0 Å². The average molecular weight is 491 g/mol. The lowest BCUT2D eigenvalue weighted by molar-refractivity contribution is -0.220. The molecule has 190 valence electrons. The van der Waals surface area contributed by atoms with Gasteiger partial charge in [-0.1, -0.05) is 91.0 Å². The van der Waals surface area contributed by atoms with Gasteiger partial charge in [0.05, 0.1) is 39.1 Å². The normalized spacial score (nSPS) is 21.8. The van der Waals surface area contributed by atoms with Crippen molar-refractivity contribution in [3.63, 3.8) is 0 Å². The van der Waals surface area contributed by atoms with Crippen LogP contribution in [0.4, 0.5) is 0 Å². The van der Waals surface area contributed by atoms with Gasteiger partial charge in [-0.05, 0) is 23.1 Å². The molecule has 1 aliphatic heterocycles. The fraction of sp³-hybridized carbons (Fsp3) is 0.367. The first-order valence-corrected chi connectivity index (χ1v) is 12.4. The Balaban J connectivity index is 1.49. The van der Waals surface area contributed by atoms with Gasteiger partial charge in [-0.3, -0.25) is 4.79 Å². The van der Waals surface area contributed by atoms with E-state index in [4.69, 9.17) is 18.9 Å². The molecule has 1 heterocycles. The molecular formula is C30H34O6. The zero-order valence-corrected chi connectivity index (χ0v) is 20.4. The SMILES string of the molecule is O=C(O)CC[C@@H]1CO[C@H](COCc2ccccc2)[C@H](OCc2ccccc2)[C@@H]1OCc1ccccc1. The Morgan fingerprint density at radius 3 is 1.78 bits per heavy atom. The monoisotopic (exact) mass is 490 g/mol. The quantitative estimate of drug-likeness (QED) is 0.353. The van der Waals surface area contributed by atoms with Gasteiger partial charge in [0.1, 0.15) is 12.2 Å². The Bertz CT molecular complexity index is 1030. The maximum atomic E-state index is 11.3. The summed E-state index contributed by atoms with van der Waals surface area (Å²) in [5.74, 6) is -0.928. The molecule has 1 fully saturated rings. The summed E-state index contributed by atoms with van der Waals surface area (Å²) in [4.78, 5) is 11.3. The fourth-order valence-corrected chi connectivity index (χ4v) is 4.45.